The molecule has 2 aromatic rings. The summed E-state index contributed by atoms with van der Waals surface area (Å²) in [5.74, 6) is 7.58. The van der Waals surface area contributed by atoms with Crippen LogP contribution in [0, 0.1) is 6.92 Å². The van der Waals surface area contributed by atoms with Crippen molar-refractivity contribution in [1.29, 1.82) is 0 Å². The van der Waals surface area contributed by atoms with E-state index in [9.17, 15) is 0 Å². The van der Waals surface area contributed by atoms with Crippen molar-refractivity contribution in [2.75, 3.05) is 12.0 Å². The second-order valence-electron chi connectivity index (χ2n) is 5.89. The summed E-state index contributed by atoms with van der Waals surface area (Å²) in [4.78, 5) is 4.23. The molecule has 5 nitrogen and oxygen atoms in total. The first-order valence-corrected chi connectivity index (χ1v) is 6.89. The zero-order valence-corrected chi connectivity index (χ0v) is 12.4. The highest BCUT2D eigenvalue weighted by Crippen LogP contribution is 2.46. The number of hydrogen-bond acceptors (Lipinski definition) is 5. The molecule has 1 aliphatic rings. The largest absolute Gasteiger partial charge is 0.492 e. The van der Waals surface area contributed by atoms with Crippen LogP contribution in [0.4, 0.5) is 5.69 Å². The number of pyridine rings is 1. The molecular formula is C16H19N3O2. The second-order valence-corrected chi connectivity index (χ2v) is 5.89. The topological polar surface area (TPSA) is 69.4 Å². The van der Waals surface area contributed by atoms with Crippen LogP contribution in [0.15, 0.2) is 30.5 Å². The fourth-order valence-corrected chi connectivity index (χ4v) is 2.54. The van der Waals surface area contributed by atoms with Crippen LogP contribution in [-0.4, -0.2) is 11.6 Å². The van der Waals surface area contributed by atoms with Crippen LogP contribution in [-0.2, 0) is 5.41 Å². The van der Waals surface area contributed by atoms with Crippen molar-refractivity contribution in [3.8, 4) is 17.4 Å². The number of benzene rings is 1. The molecule has 0 atom stereocenters. The van der Waals surface area contributed by atoms with Crippen molar-refractivity contribution < 1.29 is 9.47 Å². The fourth-order valence-electron chi connectivity index (χ4n) is 2.54. The van der Waals surface area contributed by atoms with E-state index in [1.165, 1.54) is 0 Å². The molecule has 0 fully saturated rings. The molecule has 0 bridgehead atoms. The highest BCUT2D eigenvalue weighted by atomic mass is 16.5. The molecule has 5 heteroatoms. The van der Waals surface area contributed by atoms with E-state index in [4.69, 9.17) is 15.3 Å². The van der Waals surface area contributed by atoms with Crippen LogP contribution in [0.5, 0.6) is 17.4 Å². The number of hydrogen-bond donors (Lipinski definition) is 2. The van der Waals surface area contributed by atoms with Crippen molar-refractivity contribution in [3.05, 3.63) is 41.6 Å². The fraction of sp³-hybridized carbons (Fsp3) is 0.312. The minimum Gasteiger partial charge on any atom is -0.492 e. The summed E-state index contributed by atoms with van der Waals surface area (Å²) in [7, 11) is 0. The summed E-state index contributed by atoms with van der Waals surface area (Å²) in [6, 6.07) is 7.58. The van der Waals surface area contributed by atoms with Gasteiger partial charge in [-0.1, -0.05) is 19.9 Å². The van der Waals surface area contributed by atoms with Gasteiger partial charge in [0.05, 0.1) is 18.5 Å². The number of aryl methyl sites for hydroxylation is 1. The lowest BCUT2D eigenvalue weighted by atomic mass is 9.85. The Bertz CT molecular complexity index is 666. The van der Waals surface area contributed by atoms with E-state index in [0.717, 1.165) is 28.3 Å². The van der Waals surface area contributed by atoms with Crippen molar-refractivity contribution >= 4 is 5.69 Å². The molecule has 1 aromatic carbocycles. The Morgan fingerprint density at radius 2 is 2.10 bits per heavy atom. The van der Waals surface area contributed by atoms with Gasteiger partial charge >= 0.3 is 0 Å². The van der Waals surface area contributed by atoms with Crippen molar-refractivity contribution in [2.45, 2.75) is 26.2 Å². The van der Waals surface area contributed by atoms with Gasteiger partial charge in [0.1, 0.15) is 11.5 Å². The molecule has 0 radical (unpaired) electrons. The van der Waals surface area contributed by atoms with E-state index in [0.29, 0.717) is 12.5 Å². The molecule has 0 saturated heterocycles. The smallest absolute Gasteiger partial charge is 0.219 e. The molecule has 1 aliphatic heterocycles. The quantitative estimate of drug-likeness (QED) is 0.669. The molecule has 3 rings (SSSR count). The first kappa shape index (κ1) is 13.7. The number of anilines is 1. The maximum atomic E-state index is 5.95. The number of ether oxygens (including phenoxy) is 2. The summed E-state index contributed by atoms with van der Waals surface area (Å²) in [5, 5.41) is 0. The number of nitrogen functional groups attached to an aromatic ring is 1. The second kappa shape index (κ2) is 4.93. The molecule has 0 saturated carbocycles. The van der Waals surface area contributed by atoms with Gasteiger partial charge in [0.2, 0.25) is 5.88 Å². The highest BCUT2D eigenvalue weighted by Gasteiger charge is 2.36. The van der Waals surface area contributed by atoms with Gasteiger partial charge in [-0.15, -0.1) is 0 Å². The highest BCUT2D eigenvalue weighted by molar-refractivity contribution is 5.56. The third kappa shape index (κ3) is 2.40. The van der Waals surface area contributed by atoms with E-state index in [-0.39, 0.29) is 5.41 Å². The summed E-state index contributed by atoms with van der Waals surface area (Å²) < 4.78 is 11.8. The maximum absolute atomic E-state index is 5.95. The molecular weight excluding hydrogens is 266 g/mol. The first-order valence-electron chi connectivity index (χ1n) is 6.89. The van der Waals surface area contributed by atoms with Crippen LogP contribution < -0.4 is 20.7 Å². The lowest BCUT2D eigenvalue weighted by Gasteiger charge is -2.19. The Balaban J connectivity index is 1.98. The van der Waals surface area contributed by atoms with Gasteiger partial charge in [-0.2, -0.15) is 0 Å². The van der Waals surface area contributed by atoms with Gasteiger partial charge < -0.3 is 14.9 Å². The Morgan fingerprint density at radius 3 is 2.76 bits per heavy atom. The molecule has 3 N–H and O–H groups in total. The van der Waals surface area contributed by atoms with Gasteiger partial charge in [-0.05, 0) is 24.6 Å². The monoisotopic (exact) mass is 285 g/mol. The number of hydrazine groups is 1. The summed E-state index contributed by atoms with van der Waals surface area (Å²) in [6.45, 7) is 7.01. The molecule has 0 amide bonds. The number of nitrogens with one attached hydrogen (secondary N) is 1. The van der Waals surface area contributed by atoms with Crippen LogP contribution >= 0.6 is 0 Å². The Kier molecular flexibility index (Phi) is 3.22. The zero-order chi connectivity index (χ0) is 15.0. The third-order valence-electron chi connectivity index (χ3n) is 3.69. The van der Waals surface area contributed by atoms with Gasteiger partial charge in [-0.3, -0.25) is 5.84 Å². The van der Waals surface area contributed by atoms with Crippen LogP contribution in [0.2, 0.25) is 0 Å². The Labute approximate surface area is 124 Å². The average Bonchev–Trinajstić information content (AvgIpc) is 2.80. The van der Waals surface area contributed by atoms with Crippen molar-refractivity contribution in [1.82, 2.24) is 4.98 Å². The molecule has 1 aromatic heterocycles. The molecule has 110 valence electrons. The molecule has 0 spiro atoms. The normalized spacial score (nSPS) is 15.2. The Hall–Kier alpha value is -2.27. The molecule has 0 unspecified atom stereocenters. The minimum atomic E-state index is -0.0740. The Morgan fingerprint density at radius 1 is 1.29 bits per heavy atom. The van der Waals surface area contributed by atoms with Crippen molar-refractivity contribution in [2.24, 2.45) is 5.84 Å². The third-order valence-corrected chi connectivity index (χ3v) is 3.69. The molecule has 21 heavy (non-hydrogen) atoms. The summed E-state index contributed by atoms with van der Waals surface area (Å²) in [6.07, 6.45) is 1.63. The number of nitrogens with zero attached hydrogens (tertiary/aromatic N) is 1. The average molecular weight is 285 g/mol. The van der Waals surface area contributed by atoms with Gasteiger partial charge in [0, 0.05) is 17.0 Å². The van der Waals surface area contributed by atoms with E-state index >= 15 is 0 Å². The predicted octanol–water partition coefficient (Wildman–Crippen LogP) is 3.14. The SMILES string of the molecule is Cc1ccc(Oc2ccc(NN)cn2)c2c1OCC2(C)C. The molecule has 0 aliphatic carbocycles. The van der Waals surface area contributed by atoms with Gasteiger partial charge in [-0.25, -0.2) is 4.98 Å². The van der Waals surface area contributed by atoms with Crippen LogP contribution in [0.3, 0.4) is 0 Å². The van der Waals surface area contributed by atoms with E-state index in [2.05, 4.69) is 24.3 Å². The lowest BCUT2D eigenvalue weighted by molar-refractivity contribution is 0.289. The van der Waals surface area contributed by atoms with Gasteiger partial charge in [0.15, 0.2) is 0 Å². The number of nitrogens with two attached hydrogens (primary N) is 1. The van der Waals surface area contributed by atoms with E-state index in [1.54, 1.807) is 12.3 Å². The maximum Gasteiger partial charge on any atom is 0.219 e. The number of rotatable bonds is 3. The lowest BCUT2D eigenvalue weighted by Crippen LogP contribution is -2.19. The van der Waals surface area contributed by atoms with E-state index in [1.807, 2.05) is 25.1 Å². The zero-order valence-electron chi connectivity index (χ0n) is 12.4. The van der Waals surface area contributed by atoms with Gasteiger partial charge in [0.25, 0.3) is 0 Å². The standard InChI is InChI=1S/C16H19N3O2/c1-10-4-6-12(14-15(10)20-9-16(14,2)3)21-13-7-5-11(19-17)8-18-13/h4-8,19H,9,17H2,1-3H3. The van der Waals surface area contributed by atoms with E-state index < -0.39 is 0 Å². The number of fused-ring (bicyclic) bond motifs is 1. The minimum absolute atomic E-state index is 0.0740. The van der Waals surface area contributed by atoms with Crippen LogP contribution in [0.25, 0.3) is 0 Å². The van der Waals surface area contributed by atoms with Crippen molar-refractivity contribution in [3.63, 3.8) is 0 Å². The molecule has 2 heterocycles. The first-order chi connectivity index (χ1) is 10.0. The van der Waals surface area contributed by atoms with Crippen LogP contribution in [0.1, 0.15) is 25.0 Å². The summed E-state index contributed by atoms with van der Waals surface area (Å²) >= 11 is 0. The predicted molar refractivity (Wildman–Crippen MR) is 81.8 cm³/mol. The summed E-state index contributed by atoms with van der Waals surface area (Å²) in [5.41, 5.74) is 5.43. The number of aromatic nitrogens is 1.